The quantitative estimate of drug-likeness (QED) is 0.137. The van der Waals surface area contributed by atoms with Crippen molar-refractivity contribution in [3.8, 4) is 22.3 Å². The monoisotopic (exact) mass is 1600 g/mol. The molecular weight excluding hydrogens is 1480 g/mol. The molecule has 106 heavy (non-hydrogen) atoms. The summed E-state index contributed by atoms with van der Waals surface area (Å²) >= 11 is 3.57. The fraction of sp³-hybridized carbons (Fsp3) is 0.381. The zero-order valence-electron chi connectivity index (χ0n) is 69.4. The zero-order chi connectivity index (χ0) is 77.5. The SMILES string of the molecule is BrC1=Cc2c(ccc3ccccc23)C1.CC.CC(C)(C)P(C(C)(C)C)C(C)(C)C.CC(C)(C)P(C(C)(C)C)C(C)(C)C.Cc1cc(C2=Cc3c(ccc4ccccc34)C2)c(-c2cc(C)c(C)cc2C2=Cc3c(ccc4ccccc34)C2)cc1C.Cc1cc2c(cc1C)-c1cc(C)c(C)cc1B(O)OB2O.[Pd]. The van der Waals surface area contributed by atoms with Crippen molar-refractivity contribution in [2.45, 2.75) is 244 Å². The zero-order valence-corrected chi connectivity index (χ0v) is 74.3. The second kappa shape index (κ2) is 33.8. The molecule has 10 aromatic carbocycles. The van der Waals surface area contributed by atoms with Crippen molar-refractivity contribution in [1.29, 1.82) is 0 Å². The maximum atomic E-state index is 10.3. The Bertz CT molecular complexity index is 4650. The van der Waals surface area contributed by atoms with Crippen LogP contribution in [0.3, 0.4) is 0 Å². The minimum atomic E-state index is -1.12. The molecule has 0 amide bonds. The summed E-state index contributed by atoms with van der Waals surface area (Å²) in [4.78, 5) is 0. The molecule has 0 unspecified atom stereocenters. The first-order valence-electron chi connectivity index (χ1n) is 38.3. The first-order valence-corrected chi connectivity index (χ1v) is 41.8. The average Bonchev–Trinajstić information content (AvgIpc) is 1.56. The van der Waals surface area contributed by atoms with Crippen LogP contribution in [-0.4, -0.2) is 55.2 Å². The summed E-state index contributed by atoms with van der Waals surface area (Å²) in [6.45, 7) is 64.0. The van der Waals surface area contributed by atoms with Gasteiger partial charge in [0.2, 0.25) is 0 Å². The van der Waals surface area contributed by atoms with Gasteiger partial charge >= 0.3 is 14.2 Å². The van der Waals surface area contributed by atoms with Gasteiger partial charge in [0, 0.05) is 31.3 Å². The molecule has 14 rings (SSSR count). The molecule has 0 spiro atoms. The maximum absolute atomic E-state index is 10.3. The summed E-state index contributed by atoms with van der Waals surface area (Å²) in [6.07, 6.45) is 10.1. The van der Waals surface area contributed by atoms with E-state index in [1.54, 1.807) is 0 Å². The minimum absolute atomic E-state index is 0. The van der Waals surface area contributed by atoms with Gasteiger partial charge in [-0.05, 0) is 283 Å². The Morgan fingerprint density at radius 1 is 0.321 bits per heavy atom. The van der Waals surface area contributed by atoms with Crippen LogP contribution in [0.4, 0.5) is 0 Å². The van der Waals surface area contributed by atoms with Crippen LogP contribution >= 0.6 is 31.8 Å². The molecule has 0 saturated heterocycles. The van der Waals surface area contributed by atoms with Gasteiger partial charge < -0.3 is 14.6 Å². The van der Waals surface area contributed by atoms with Crippen LogP contribution in [0.5, 0.6) is 0 Å². The van der Waals surface area contributed by atoms with Crippen LogP contribution in [-0.2, 0) is 44.3 Å². The van der Waals surface area contributed by atoms with Gasteiger partial charge in [-0.2, -0.15) is 0 Å². The van der Waals surface area contributed by atoms with E-state index in [1.807, 2.05) is 53.7 Å². The molecule has 0 saturated carbocycles. The Morgan fingerprint density at radius 2 is 0.566 bits per heavy atom. The van der Waals surface area contributed by atoms with E-state index in [4.69, 9.17) is 4.57 Å². The van der Waals surface area contributed by atoms with Crippen molar-refractivity contribution in [3.63, 3.8) is 0 Å². The number of allylic oxidation sites excluding steroid dienone is 3. The summed E-state index contributed by atoms with van der Waals surface area (Å²) in [5, 5.41) is 31.2. The van der Waals surface area contributed by atoms with Crippen molar-refractivity contribution in [2.24, 2.45) is 0 Å². The van der Waals surface area contributed by atoms with E-state index in [0.717, 1.165) is 52.6 Å². The van der Waals surface area contributed by atoms with Gasteiger partial charge in [-0.15, -0.1) is 0 Å². The Morgan fingerprint density at radius 3 is 0.849 bits per heavy atom. The fourth-order valence-corrected chi connectivity index (χ4v) is 30.7. The van der Waals surface area contributed by atoms with E-state index in [0.29, 0.717) is 41.9 Å². The molecule has 560 valence electrons. The number of fused-ring (bicyclic) bond motifs is 12. The molecule has 4 aliphatic rings. The third-order valence-electron chi connectivity index (χ3n) is 20.9. The van der Waals surface area contributed by atoms with Gasteiger partial charge in [0.05, 0.1) is 0 Å². The number of aryl methyl sites for hydroxylation is 8. The predicted molar refractivity (Wildman–Crippen MR) is 477 cm³/mol. The van der Waals surface area contributed by atoms with Crippen LogP contribution < -0.4 is 10.9 Å². The van der Waals surface area contributed by atoms with Gasteiger partial charge in [0.15, 0.2) is 0 Å². The first-order chi connectivity index (χ1) is 48.9. The molecular formula is C97H121B2BrO3P2Pd. The summed E-state index contributed by atoms with van der Waals surface area (Å²) in [5.41, 5.74) is 29.8. The molecule has 0 fully saturated rings. The van der Waals surface area contributed by atoms with Crippen molar-refractivity contribution < 1.29 is 35.0 Å². The Kier molecular flexibility index (Phi) is 27.4. The normalized spacial score (nSPS) is 13.9. The van der Waals surface area contributed by atoms with Gasteiger partial charge in [-0.25, -0.2) is 0 Å². The summed E-state index contributed by atoms with van der Waals surface area (Å²) < 4.78 is 6.65. The van der Waals surface area contributed by atoms with E-state index in [2.05, 4.69) is 332 Å². The second-order valence-corrected chi connectivity index (χ2v) is 46.0. The average molecular weight is 1600 g/mol. The van der Waals surface area contributed by atoms with Gasteiger partial charge in [0.1, 0.15) is 0 Å². The van der Waals surface area contributed by atoms with Crippen LogP contribution in [0.1, 0.15) is 227 Å². The number of hydrogen-bond acceptors (Lipinski definition) is 3. The summed E-state index contributed by atoms with van der Waals surface area (Å²) in [7, 11) is -2.21. The molecule has 0 atom stereocenters. The molecule has 9 heteroatoms. The van der Waals surface area contributed by atoms with E-state index in [1.165, 1.54) is 126 Å². The van der Waals surface area contributed by atoms with Crippen molar-refractivity contribution in [3.05, 3.63) is 251 Å². The second-order valence-electron chi connectivity index (χ2n) is 35.6. The fourth-order valence-electron chi connectivity index (χ4n) is 18.1. The summed E-state index contributed by atoms with van der Waals surface area (Å²) in [5.74, 6) is 0. The van der Waals surface area contributed by atoms with Crippen LogP contribution in [0.2, 0.25) is 0 Å². The minimum Gasteiger partial charge on any atom is -0.443 e. The topological polar surface area (TPSA) is 49.7 Å². The van der Waals surface area contributed by atoms with Gasteiger partial charge in [-0.1, -0.05) is 328 Å². The standard InChI is InChI=1S/C42H34.C16H18B2O3.C13H9Br.2C12H27P.C2H6.Pd/c1-25-17-37(33-21-31-15-13-29-9-5-7-11-35(29)39(31)23-33)41(19-27(25)3)42-20-28(4)26(2)18-38(42)34-22-32-16-14-30-10-6-8-12-36(30)40(32)24-34;1-9-5-13-14-6-10(2)12(4)8-16(14)18(20)21-17(19)15(13)7-11(9)3;14-11-7-10-6-5-9-3-1-2-4-12(9)13(10)8-11;2*1-10(2,3)13(11(4,5)6)12(7,8)9;1-2;/h5-20,23-24H,21-22H2,1-4H3;5-8,19-20H,1-4H3;1-6,8H,7H2;2*1-9H3;1-2H3;. The van der Waals surface area contributed by atoms with E-state index in [-0.39, 0.29) is 36.3 Å². The molecule has 0 aromatic heterocycles. The molecule has 2 N–H and O–H groups in total. The molecule has 1 aliphatic heterocycles. The van der Waals surface area contributed by atoms with E-state index in [9.17, 15) is 10.0 Å². The third-order valence-corrected chi connectivity index (χ3v) is 29.5. The summed E-state index contributed by atoms with van der Waals surface area (Å²) in [6, 6.07) is 57.5. The maximum Gasteiger partial charge on any atom is 0.478 e. The third kappa shape index (κ3) is 19.5. The molecule has 3 nitrogen and oxygen atoms in total. The van der Waals surface area contributed by atoms with Crippen molar-refractivity contribution in [1.82, 2.24) is 0 Å². The van der Waals surface area contributed by atoms with Crippen LogP contribution in [0, 0.1) is 55.4 Å². The van der Waals surface area contributed by atoms with Crippen LogP contribution in [0.25, 0.3) is 83.9 Å². The Hall–Kier alpha value is -5.79. The molecule has 0 radical (unpaired) electrons. The predicted octanol–water partition coefficient (Wildman–Crippen LogP) is 27.0. The van der Waals surface area contributed by atoms with Crippen molar-refractivity contribution >= 4 is 119 Å². The Labute approximate surface area is 666 Å². The van der Waals surface area contributed by atoms with Crippen molar-refractivity contribution in [2.75, 3.05) is 0 Å². The first kappa shape index (κ1) is 85.8. The van der Waals surface area contributed by atoms with Gasteiger partial charge in [0.25, 0.3) is 0 Å². The largest absolute Gasteiger partial charge is 0.478 e. The molecule has 0 bridgehead atoms. The molecule has 10 aromatic rings. The number of halogens is 1. The smallest absolute Gasteiger partial charge is 0.443 e. The van der Waals surface area contributed by atoms with Crippen LogP contribution in [0.15, 0.2) is 162 Å². The number of benzene rings is 10. The van der Waals surface area contributed by atoms with Gasteiger partial charge in [-0.3, -0.25) is 0 Å². The number of hydrogen-bond donors (Lipinski definition) is 2. The molecule has 1 heterocycles. The Balaban J connectivity index is 0.000000186. The molecule has 3 aliphatic carbocycles. The van der Waals surface area contributed by atoms with E-state index < -0.39 is 14.2 Å². The number of rotatable bonds is 3. The van der Waals surface area contributed by atoms with E-state index >= 15 is 0 Å².